The first-order valence-corrected chi connectivity index (χ1v) is 4.38. The van der Waals surface area contributed by atoms with E-state index in [1.807, 2.05) is 26.8 Å². The standard InChI is InChI=1S/C11H13NO2/c1-11(2,3)14-13-10-7-5-4-6-9(10)8-12/h4-7H,1-3H3. The van der Waals surface area contributed by atoms with Crippen molar-refractivity contribution < 1.29 is 9.78 Å². The Kier molecular flexibility index (Phi) is 3.10. The van der Waals surface area contributed by atoms with E-state index < -0.39 is 0 Å². The van der Waals surface area contributed by atoms with E-state index in [0.29, 0.717) is 11.3 Å². The molecule has 74 valence electrons. The van der Waals surface area contributed by atoms with Gasteiger partial charge in [0, 0.05) is 0 Å². The Bertz CT molecular complexity index is 347. The first kappa shape index (κ1) is 10.6. The van der Waals surface area contributed by atoms with Crippen LogP contribution in [0.25, 0.3) is 0 Å². The average molecular weight is 191 g/mol. The van der Waals surface area contributed by atoms with Crippen molar-refractivity contribution in [2.75, 3.05) is 0 Å². The second-order valence-electron chi connectivity index (χ2n) is 3.89. The van der Waals surface area contributed by atoms with Crippen LogP contribution in [0.3, 0.4) is 0 Å². The van der Waals surface area contributed by atoms with Crippen LogP contribution in [-0.2, 0) is 4.89 Å². The van der Waals surface area contributed by atoms with Crippen LogP contribution in [0.15, 0.2) is 24.3 Å². The highest BCUT2D eigenvalue weighted by Gasteiger charge is 2.13. The molecule has 0 N–H and O–H groups in total. The normalized spacial score (nSPS) is 10.7. The zero-order chi connectivity index (χ0) is 10.6. The fourth-order valence-corrected chi connectivity index (χ4v) is 0.802. The van der Waals surface area contributed by atoms with Crippen molar-refractivity contribution >= 4 is 0 Å². The SMILES string of the molecule is CC(C)(C)OOc1ccccc1C#N. The smallest absolute Gasteiger partial charge is 0.183 e. The van der Waals surface area contributed by atoms with Crippen LogP contribution >= 0.6 is 0 Å². The molecule has 3 nitrogen and oxygen atoms in total. The number of benzene rings is 1. The van der Waals surface area contributed by atoms with Gasteiger partial charge >= 0.3 is 0 Å². The van der Waals surface area contributed by atoms with Crippen molar-refractivity contribution in [3.63, 3.8) is 0 Å². The summed E-state index contributed by atoms with van der Waals surface area (Å²) in [5, 5.41) is 8.76. The maximum Gasteiger partial charge on any atom is 0.183 e. The summed E-state index contributed by atoms with van der Waals surface area (Å²) < 4.78 is 0. The molecule has 0 fully saturated rings. The average Bonchev–Trinajstić information content (AvgIpc) is 2.14. The summed E-state index contributed by atoms with van der Waals surface area (Å²) in [6.45, 7) is 5.63. The number of nitriles is 1. The summed E-state index contributed by atoms with van der Waals surface area (Å²) in [5.74, 6) is 0.449. The van der Waals surface area contributed by atoms with Crippen molar-refractivity contribution in [3.8, 4) is 11.8 Å². The van der Waals surface area contributed by atoms with Gasteiger partial charge in [0.05, 0.1) is 5.56 Å². The third-order valence-electron chi connectivity index (χ3n) is 1.39. The highest BCUT2D eigenvalue weighted by Crippen LogP contribution is 2.19. The molecule has 0 saturated heterocycles. The molecule has 0 aliphatic carbocycles. The van der Waals surface area contributed by atoms with E-state index in [0.717, 1.165) is 0 Å². The summed E-state index contributed by atoms with van der Waals surface area (Å²) in [4.78, 5) is 10.2. The van der Waals surface area contributed by atoms with E-state index in [1.165, 1.54) is 0 Å². The molecule has 0 amide bonds. The molecule has 0 bridgehead atoms. The van der Waals surface area contributed by atoms with Gasteiger partial charge in [-0.2, -0.15) is 10.1 Å². The summed E-state index contributed by atoms with van der Waals surface area (Å²) in [6.07, 6.45) is 0. The lowest BCUT2D eigenvalue weighted by atomic mass is 10.2. The van der Waals surface area contributed by atoms with Gasteiger partial charge in [-0.05, 0) is 32.9 Å². The van der Waals surface area contributed by atoms with E-state index >= 15 is 0 Å². The van der Waals surface area contributed by atoms with E-state index in [-0.39, 0.29) is 5.60 Å². The van der Waals surface area contributed by atoms with Crippen LogP contribution in [0.4, 0.5) is 0 Å². The van der Waals surface area contributed by atoms with Gasteiger partial charge < -0.3 is 4.89 Å². The molecule has 14 heavy (non-hydrogen) atoms. The van der Waals surface area contributed by atoms with Gasteiger partial charge in [-0.3, -0.25) is 0 Å². The van der Waals surface area contributed by atoms with Crippen LogP contribution in [-0.4, -0.2) is 5.60 Å². The molecule has 0 atom stereocenters. The molecule has 3 heteroatoms. The molecular weight excluding hydrogens is 178 g/mol. The Labute approximate surface area is 83.8 Å². The van der Waals surface area contributed by atoms with Gasteiger partial charge in [-0.1, -0.05) is 12.1 Å². The molecule has 0 unspecified atom stereocenters. The lowest BCUT2D eigenvalue weighted by molar-refractivity contribution is -0.274. The van der Waals surface area contributed by atoms with Crippen LogP contribution in [0.5, 0.6) is 5.75 Å². The van der Waals surface area contributed by atoms with Crippen molar-refractivity contribution in [2.45, 2.75) is 26.4 Å². The van der Waals surface area contributed by atoms with Crippen molar-refractivity contribution in [1.29, 1.82) is 5.26 Å². The Morgan fingerprint density at radius 1 is 1.21 bits per heavy atom. The highest BCUT2D eigenvalue weighted by atomic mass is 17.2. The molecule has 0 saturated carbocycles. The molecule has 1 aromatic carbocycles. The summed E-state index contributed by atoms with van der Waals surface area (Å²) >= 11 is 0. The van der Waals surface area contributed by atoms with Gasteiger partial charge in [0.15, 0.2) is 5.75 Å². The van der Waals surface area contributed by atoms with E-state index in [9.17, 15) is 0 Å². The highest BCUT2D eigenvalue weighted by molar-refractivity contribution is 5.42. The lowest BCUT2D eigenvalue weighted by Crippen LogP contribution is -2.21. The van der Waals surface area contributed by atoms with Gasteiger partial charge in [0.1, 0.15) is 11.7 Å². The van der Waals surface area contributed by atoms with E-state index in [4.69, 9.17) is 15.0 Å². The van der Waals surface area contributed by atoms with Crippen LogP contribution in [0.2, 0.25) is 0 Å². The number of nitrogens with zero attached hydrogens (tertiary/aromatic N) is 1. The molecular formula is C11H13NO2. The third-order valence-corrected chi connectivity index (χ3v) is 1.39. The topological polar surface area (TPSA) is 42.2 Å². The quantitative estimate of drug-likeness (QED) is 0.533. The van der Waals surface area contributed by atoms with Crippen LogP contribution < -0.4 is 4.89 Å². The maximum atomic E-state index is 8.76. The van der Waals surface area contributed by atoms with Crippen molar-refractivity contribution in [3.05, 3.63) is 29.8 Å². The molecule has 0 radical (unpaired) electrons. The minimum Gasteiger partial charge on any atom is -0.336 e. The first-order chi connectivity index (χ1) is 6.53. The van der Waals surface area contributed by atoms with Gasteiger partial charge in [-0.25, -0.2) is 0 Å². The van der Waals surface area contributed by atoms with Crippen LogP contribution in [0, 0.1) is 11.3 Å². The van der Waals surface area contributed by atoms with Gasteiger partial charge in [0.2, 0.25) is 0 Å². The molecule has 0 heterocycles. The van der Waals surface area contributed by atoms with E-state index in [1.54, 1.807) is 24.3 Å². The Morgan fingerprint density at radius 2 is 1.86 bits per heavy atom. The molecule has 1 aromatic rings. The lowest BCUT2D eigenvalue weighted by Gasteiger charge is -2.17. The monoisotopic (exact) mass is 191 g/mol. The Balaban J connectivity index is 2.73. The molecule has 0 aromatic heterocycles. The predicted octanol–water partition coefficient (Wildman–Crippen LogP) is 2.67. The minimum absolute atomic E-state index is 0.386. The van der Waals surface area contributed by atoms with Crippen LogP contribution in [0.1, 0.15) is 26.3 Å². The minimum atomic E-state index is -0.386. The summed E-state index contributed by atoms with van der Waals surface area (Å²) in [6, 6.07) is 8.98. The zero-order valence-electron chi connectivity index (χ0n) is 8.57. The third kappa shape index (κ3) is 3.08. The van der Waals surface area contributed by atoms with Crippen molar-refractivity contribution in [1.82, 2.24) is 0 Å². The maximum absolute atomic E-state index is 8.76. The zero-order valence-corrected chi connectivity index (χ0v) is 8.57. The number of rotatable bonds is 2. The second-order valence-corrected chi connectivity index (χ2v) is 3.89. The first-order valence-electron chi connectivity index (χ1n) is 4.38. The predicted molar refractivity (Wildman–Crippen MR) is 52.6 cm³/mol. The summed E-state index contributed by atoms with van der Waals surface area (Å²) in [7, 11) is 0. The largest absolute Gasteiger partial charge is 0.336 e. The fraction of sp³-hybridized carbons (Fsp3) is 0.364. The Hall–Kier alpha value is -1.53. The second kappa shape index (κ2) is 4.12. The Morgan fingerprint density at radius 3 is 2.43 bits per heavy atom. The molecule has 0 spiro atoms. The van der Waals surface area contributed by atoms with Gasteiger partial charge in [0.25, 0.3) is 0 Å². The number of hydrogen-bond acceptors (Lipinski definition) is 3. The molecule has 0 aliphatic heterocycles. The molecule has 0 aliphatic rings. The number of hydrogen-bond donors (Lipinski definition) is 0. The van der Waals surface area contributed by atoms with Crippen molar-refractivity contribution in [2.24, 2.45) is 0 Å². The summed E-state index contributed by atoms with van der Waals surface area (Å²) in [5.41, 5.74) is 0.0829. The molecule has 1 rings (SSSR count). The van der Waals surface area contributed by atoms with E-state index in [2.05, 4.69) is 0 Å². The number of para-hydroxylation sites is 1. The fourth-order valence-electron chi connectivity index (χ4n) is 0.802. The van der Waals surface area contributed by atoms with Gasteiger partial charge in [-0.15, -0.1) is 0 Å².